The number of rotatable bonds is 4. The zero-order chi connectivity index (χ0) is 14.5. The van der Waals surface area contributed by atoms with Crippen molar-refractivity contribution in [2.75, 3.05) is 26.7 Å². The van der Waals surface area contributed by atoms with Crippen molar-refractivity contribution in [1.82, 2.24) is 15.2 Å². The maximum Gasteiger partial charge on any atom is 0.208 e. The van der Waals surface area contributed by atoms with E-state index in [1.165, 1.54) is 12.8 Å². The Morgan fingerprint density at radius 1 is 1.43 bits per heavy atom. The molecule has 3 N–H and O–H groups in total. The van der Waals surface area contributed by atoms with Gasteiger partial charge in [0, 0.05) is 13.6 Å². The molecule has 1 saturated heterocycles. The number of hydrogen-bond acceptors (Lipinski definition) is 4. The second-order valence-electron chi connectivity index (χ2n) is 5.46. The zero-order valence-electron chi connectivity index (χ0n) is 13.1. The van der Waals surface area contributed by atoms with Crippen molar-refractivity contribution in [2.24, 2.45) is 16.6 Å². The van der Waals surface area contributed by atoms with Crippen molar-refractivity contribution >= 4 is 29.9 Å². The van der Waals surface area contributed by atoms with Gasteiger partial charge in [0.15, 0.2) is 5.96 Å². The normalized spacial score (nSPS) is 17.6. The van der Waals surface area contributed by atoms with Crippen LogP contribution in [0.1, 0.15) is 30.2 Å². The van der Waals surface area contributed by atoms with Crippen molar-refractivity contribution in [3.8, 4) is 0 Å². The number of aliphatic imine (C=N–C) groups is 1. The van der Waals surface area contributed by atoms with Crippen molar-refractivity contribution in [1.29, 1.82) is 0 Å². The number of oxazole rings is 1. The molecule has 0 spiro atoms. The van der Waals surface area contributed by atoms with Gasteiger partial charge in [-0.25, -0.2) is 4.98 Å². The largest absolute Gasteiger partial charge is 0.444 e. The predicted octanol–water partition coefficient (Wildman–Crippen LogP) is 1.66. The lowest BCUT2D eigenvalue weighted by Crippen LogP contribution is -2.40. The number of nitrogens with two attached hydrogens (primary N) is 1. The highest BCUT2D eigenvalue weighted by molar-refractivity contribution is 14.0. The summed E-state index contributed by atoms with van der Waals surface area (Å²) in [5, 5.41) is 3.16. The summed E-state index contributed by atoms with van der Waals surface area (Å²) in [7, 11) is 1.70. The fraction of sp³-hybridized carbons (Fsp3) is 0.714. The van der Waals surface area contributed by atoms with Gasteiger partial charge in [-0.05, 0) is 45.7 Å². The van der Waals surface area contributed by atoms with E-state index in [1.807, 2.05) is 13.8 Å². The first-order chi connectivity index (χ1) is 9.58. The molecule has 2 rings (SSSR count). The summed E-state index contributed by atoms with van der Waals surface area (Å²) < 4.78 is 5.64. The standard InChI is InChI=1S/C14H25N5O.HI/c1-10-11(2)20-13(18-10)9-19-6-4-12(5-7-19)8-17-14(15)16-3;/h12H,4-9H2,1-3H3,(H3,15,16,17);1H. The minimum absolute atomic E-state index is 0. The average molecular weight is 407 g/mol. The topological polar surface area (TPSA) is 79.7 Å². The Morgan fingerprint density at radius 2 is 2.10 bits per heavy atom. The van der Waals surface area contributed by atoms with E-state index in [1.54, 1.807) is 7.05 Å². The van der Waals surface area contributed by atoms with E-state index in [0.29, 0.717) is 11.9 Å². The Hall–Kier alpha value is -0.830. The summed E-state index contributed by atoms with van der Waals surface area (Å²) in [6.45, 7) is 7.83. The Bertz CT molecular complexity index is 446. The fourth-order valence-corrected chi connectivity index (χ4v) is 2.47. The number of halogens is 1. The first-order valence-corrected chi connectivity index (χ1v) is 7.20. The minimum Gasteiger partial charge on any atom is -0.444 e. The van der Waals surface area contributed by atoms with Gasteiger partial charge in [-0.1, -0.05) is 0 Å². The molecular weight excluding hydrogens is 381 g/mol. The number of aryl methyl sites for hydroxylation is 2. The second-order valence-corrected chi connectivity index (χ2v) is 5.46. The van der Waals surface area contributed by atoms with Crippen LogP contribution in [-0.4, -0.2) is 42.5 Å². The third-order valence-corrected chi connectivity index (χ3v) is 3.95. The molecule has 0 unspecified atom stereocenters. The lowest BCUT2D eigenvalue weighted by molar-refractivity contribution is 0.164. The lowest BCUT2D eigenvalue weighted by atomic mass is 9.97. The molecule has 1 aromatic rings. The van der Waals surface area contributed by atoms with Crippen LogP contribution in [0.15, 0.2) is 9.41 Å². The van der Waals surface area contributed by atoms with Crippen molar-refractivity contribution < 1.29 is 4.42 Å². The first kappa shape index (κ1) is 18.2. The highest BCUT2D eigenvalue weighted by Gasteiger charge is 2.20. The van der Waals surface area contributed by atoms with Gasteiger partial charge < -0.3 is 15.5 Å². The molecule has 0 radical (unpaired) electrons. The van der Waals surface area contributed by atoms with Gasteiger partial charge in [0.05, 0.1) is 12.2 Å². The number of nitrogens with one attached hydrogen (secondary N) is 1. The minimum atomic E-state index is 0. The molecule has 0 atom stereocenters. The fourth-order valence-electron chi connectivity index (χ4n) is 2.47. The van der Waals surface area contributed by atoms with Crippen LogP contribution in [0.4, 0.5) is 0 Å². The van der Waals surface area contributed by atoms with Gasteiger partial charge >= 0.3 is 0 Å². The highest BCUT2D eigenvalue weighted by Crippen LogP contribution is 2.19. The summed E-state index contributed by atoms with van der Waals surface area (Å²) in [4.78, 5) is 10.7. The smallest absolute Gasteiger partial charge is 0.208 e. The molecule has 120 valence electrons. The van der Waals surface area contributed by atoms with Crippen LogP contribution in [0.25, 0.3) is 0 Å². The maximum absolute atomic E-state index is 5.64. The van der Waals surface area contributed by atoms with Crippen LogP contribution < -0.4 is 11.1 Å². The molecule has 21 heavy (non-hydrogen) atoms. The van der Waals surface area contributed by atoms with Gasteiger partial charge in [-0.3, -0.25) is 9.89 Å². The van der Waals surface area contributed by atoms with E-state index in [-0.39, 0.29) is 24.0 Å². The quantitative estimate of drug-likeness (QED) is 0.451. The van der Waals surface area contributed by atoms with Crippen LogP contribution in [-0.2, 0) is 6.54 Å². The first-order valence-electron chi connectivity index (χ1n) is 7.20. The molecule has 0 aromatic carbocycles. The third-order valence-electron chi connectivity index (χ3n) is 3.95. The molecular formula is C14H26IN5O. The number of guanidine groups is 1. The molecule has 1 fully saturated rings. The lowest BCUT2D eigenvalue weighted by Gasteiger charge is -2.31. The van der Waals surface area contributed by atoms with Crippen LogP contribution in [0.3, 0.4) is 0 Å². The molecule has 0 saturated carbocycles. The Morgan fingerprint density at radius 3 is 2.62 bits per heavy atom. The zero-order valence-corrected chi connectivity index (χ0v) is 15.4. The van der Waals surface area contributed by atoms with Gasteiger partial charge in [-0.2, -0.15) is 0 Å². The molecule has 1 aromatic heterocycles. The molecule has 0 bridgehead atoms. The van der Waals surface area contributed by atoms with Crippen molar-refractivity contribution in [3.63, 3.8) is 0 Å². The molecule has 7 heteroatoms. The van der Waals surface area contributed by atoms with Crippen LogP contribution in [0, 0.1) is 19.8 Å². The van der Waals surface area contributed by atoms with Crippen molar-refractivity contribution in [3.05, 3.63) is 17.3 Å². The molecule has 1 aliphatic rings. The summed E-state index contributed by atoms with van der Waals surface area (Å²) in [5.74, 6) is 2.95. The van der Waals surface area contributed by atoms with Gasteiger partial charge in [0.1, 0.15) is 5.76 Å². The van der Waals surface area contributed by atoms with E-state index in [9.17, 15) is 0 Å². The van der Waals surface area contributed by atoms with E-state index in [0.717, 1.165) is 43.5 Å². The molecule has 6 nitrogen and oxygen atoms in total. The highest BCUT2D eigenvalue weighted by atomic mass is 127. The van der Waals surface area contributed by atoms with E-state index in [2.05, 4.69) is 20.2 Å². The van der Waals surface area contributed by atoms with Crippen LogP contribution >= 0.6 is 24.0 Å². The number of nitrogens with zero attached hydrogens (tertiary/aromatic N) is 3. The summed E-state index contributed by atoms with van der Waals surface area (Å²) >= 11 is 0. The molecule has 0 amide bonds. The number of hydrogen-bond donors (Lipinski definition) is 2. The Balaban J connectivity index is 0.00000220. The monoisotopic (exact) mass is 407 g/mol. The Labute approximate surface area is 143 Å². The second kappa shape index (κ2) is 8.57. The van der Waals surface area contributed by atoms with Crippen LogP contribution in [0.2, 0.25) is 0 Å². The Kier molecular flexibility index (Phi) is 7.44. The summed E-state index contributed by atoms with van der Waals surface area (Å²) in [6, 6.07) is 0. The van der Waals surface area contributed by atoms with E-state index in [4.69, 9.17) is 10.2 Å². The number of aromatic nitrogens is 1. The molecule has 1 aliphatic heterocycles. The van der Waals surface area contributed by atoms with Crippen LogP contribution in [0.5, 0.6) is 0 Å². The average Bonchev–Trinajstić information content (AvgIpc) is 2.76. The van der Waals surface area contributed by atoms with Crippen molar-refractivity contribution in [2.45, 2.75) is 33.2 Å². The maximum atomic E-state index is 5.64. The van der Waals surface area contributed by atoms with Gasteiger partial charge in [0.25, 0.3) is 0 Å². The predicted molar refractivity (Wildman–Crippen MR) is 94.9 cm³/mol. The van der Waals surface area contributed by atoms with E-state index < -0.39 is 0 Å². The summed E-state index contributed by atoms with van der Waals surface area (Å²) in [6.07, 6.45) is 2.34. The molecule has 0 aliphatic carbocycles. The van der Waals surface area contributed by atoms with E-state index >= 15 is 0 Å². The van der Waals surface area contributed by atoms with Gasteiger partial charge in [-0.15, -0.1) is 24.0 Å². The SMILES string of the molecule is CN=C(N)NCC1CCN(Cc2nc(C)c(C)o2)CC1.I. The number of likely N-dealkylation sites (tertiary alicyclic amines) is 1. The molecule has 2 heterocycles. The number of piperidine rings is 1. The van der Waals surface area contributed by atoms with Gasteiger partial charge in [0.2, 0.25) is 5.89 Å². The third kappa shape index (κ3) is 5.46. The summed E-state index contributed by atoms with van der Waals surface area (Å²) in [5.41, 5.74) is 6.64.